The number of aromatic amines is 1. The average molecular weight is 334 g/mol. The van der Waals surface area contributed by atoms with Gasteiger partial charge in [-0.05, 0) is 31.7 Å². The monoisotopic (exact) mass is 334 g/mol. The molecule has 3 heterocycles. The van der Waals surface area contributed by atoms with Crippen LogP contribution in [0.5, 0.6) is 0 Å². The number of nitrogens with zero attached hydrogens (tertiary/aromatic N) is 3. The van der Waals surface area contributed by atoms with Crippen molar-refractivity contribution in [2.75, 3.05) is 32.7 Å². The number of H-pyrrole nitrogens is 1. The minimum atomic E-state index is 0.205. The molecule has 1 aromatic carbocycles. The van der Waals surface area contributed by atoms with Gasteiger partial charge >= 0.3 is 0 Å². The van der Waals surface area contributed by atoms with E-state index < -0.39 is 0 Å². The molecule has 4 heteroatoms. The Hall–Kier alpha value is -2.17. The van der Waals surface area contributed by atoms with Gasteiger partial charge in [0.1, 0.15) is 0 Å². The van der Waals surface area contributed by atoms with E-state index in [1.807, 2.05) is 12.3 Å². The average Bonchev–Trinajstić information content (AvgIpc) is 3.00. The summed E-state index contributed by atoms with van der Waals surface area (Å²) in [7, 11) is 0. The van der Waals surface area contributed by atoms with Crippen LogP contribution in [-0.4, -0.2) is 52.5 Å². The highest BCUT2D eigenvalue weighted by Crippen LogP contribution is 2.35. The van der Waals surface area contributed by atoms with Gasteiger partial charge in [0, 0.05) is 54.5 Å². The second-order valence-electron chi connectivity index (χ2n) is 6.84. The highest BCUT2D eigenvalue weighted by Gasteiger charge is 2.30. The zero-order chi connectivity index (χ0) is 17.2. The number of fused-ring (bicyclic) bond motifs is 1. The van der Waals surface area contributed by atoms with E-state index in [2.05, 4.69) is 65.0 Å². The minimum Gasteiger partial charge on any atom is -0.358 e. The SMILES string of the molecule is CCN1CCN([C@@H](c2ccccn2)c2c(C)[nH]c3ccccc23)CC1. The molecule has 1 saturated heterocycles. The maximum absolute atomic E-state index is 4.73. The number of aryl methyl sites for hydroxylation is 1. The van der Waals surface area contributed by atoms with E-state index in [1.165, 1.54) is 22.2 Å². The lowest BCUT2D eigenvalue weighted by Crippen LogP contribution is -2.47. The molecule has 0 saturated carbocycles. The molecule has 0 unspecified atom stereocenters. The second-order valence-corrected chi connectivity index (χ2v) is 6.84. The summed E-state index contributed by atoms with van der Waals surface area (Å²) in [5, 5.41) is 1.31. The Morgan fingerprint density at radius 1 is 1.04 bits per heavy atom. The molecule has 0 aliphatic carbocycles. The van der Waals surface area contributed by atoms with Crippen molar-refractivity contribution in [2.24, 2.45) is 0 Å². The summed E-state index contributed by atoms with van der Waals surface area (Å²) in [6.07, 6.45) is 1.91. The summed E-state index contributed by atoms with van der Waals surface area (Å²) in [5.41, 5.74) is 4.97. The van der Waals surface area contributed by atoms with Crippen LogP contribution in [0.15, 0.2) is 48.7 Å². The number of hydrogen-bond donors (Lipinski definition) is 1. The molecule has 130 valence electrons. The number of rotatable bonds is 4. The van der Waals surface area contributed by atoms with E-state index in [1.54, 1.807) is 0 Å². The summed E-state index contributed by atoms with van der Waals surface area (Å²) in [4.78, 5) is 13.4. The Morgan fingerprint density at radius 3 is 2.52 bits per heavy atom. The molecule has 1 atom stereocenters. The van der Waals surface area contributed by atoms with Gasteiger partial charge in [0.15, 0.2) is 0 Å². The summed E-state index contributed by atoms with van der Waals surface area (Å²) < 4.78 is 0. The van der Waals surface area contributed by atoms with Crippen molar-refractivity contribution in [3.05, 3.63) is 65.6 Å². The molecule has 1 aliphatic heterocycles. The highest BCUT2D eigenvalue weighted by molar-refractivity contribution is 5.85. The Balaban J connectivity index is 1.79. The normalized spacial score (nSPS) is 17.8. The zero-order valence-corrected chi connectivity index (χ0v) is 15.1. The van der Waals surface area contributed by atoms with Crippen LogP contribution in [0, 0.1) is 6.92 Å². The smallest absolute Gasteiger partial charge is 0.0800 e. The number of benzene rings is 1. The number of hydrogen-bond acceptors (Lipinski definition) is 3. The van der Waals surface area contributed by atoms with E-state index in [4.69, 9.17) is 4.98 Å². The van der Waals surface area contributed by atoms with Gasteiger partial charge in [-0.15, -0.1) is 0 Å². The molecule has 3 aromatic rings. The molecule has 1 aliphatic rings. The summed E-state index contributed by atoms with van der Waals surface area (Å²) in [5.74, 6) is 0. The van der Waals surface area contributed by atoms with Crippen molar-refractivity contribution < 1.29 is 0 Å². The fraction of sp³-hybridized carbons (Fsp3) is 0.381. The number of likely N-dealkylation sites (N-methyl/N-ethyl adjacent to an activating group) is 1. The van der Waals surface area contributed by atoms with Crippen molar-refractivity contribution in [3.63, 3.8) is 0 Å². The topological polar surface area (TPSA) is 35.2 Å². The molecule has 0 amide bonds. The van der Waals surface area contributed by atoms with E-state index in [9.17, 15) is 0 Å². The van der Waals surface area contributed by atoms with Crippen molar-refractivity contribution in [2.45, 2.75) is 19.9 Å². The van der Waals surface area contributed by atoms with Crippen LogP contribution in [0.3, 0.4) is 0 Å². The van der Waals surface area contributed by atoms with E-state index in [0.29, 0.717) is 0 Å². The third kappa shape index (κ3) is 3.08. The van der Waals surface area contributed by atoms with Crippen LogP contribution in [0.25, 0.3) is 10.9 Å². The molecule has 0 bridgehead atoms. The highest BCUT2D eigenvalue weighted by atomic mass is 15.3. The minimum absolute atomic E-state index is 0.205. The predicted molar refractivity (Wildman–Crippen MR) is 103 cm³/mol. The van der Waals surface area contributed by atoms with Crippen LogP contribution in [0.1, 0.15) is 29.9 Å². The molecule has 0 spiro atoms. The molecular weight excluding hydrogens is 308 g/mol. The van der Waals surface area contributed by atoms with Gasteiger partial charge in [0.05, 0.1) is 11.7 Å². The van der Waals surface area contributed by atoms with Gasteiger partial charge in [-0.1, -0.05) is 31.2 Å². The van der Waals surface area contributed by atoms with Crippen LogP contribution in [-0.2, 0) is 0 Å². The van der Waals surface area contributed by atoms with Gasteiger partial charge in [0.2, 0.25) is 0 Å². The van der Waals surface area contributed by atoms with E-state index >= 15 is 0 Å². The maximum Gasteiger partial charge on any atom is 0.0800 e. The Morgan fingerprint density at radius 2 is 1.80 bits per heavy atom. The van der Waals surface area contributed by atoms with E-state index in [0.717, 1.165) is 38.4 Å². The number of para-hydroxylation sites is 1. The lowest BCUT2D eigenvalue weighted by molar-refractivity contribution is 0.112. The first-order valence-corrected chi connectivity index (χ1v) is 9.22. The predicted octanol–water partition coefficient (Wildman–Crippen LogP) is 3.60. The van der Waals surface area contributed by atoms with Crippen LogP contribution < -0.4 is 0 Å². The molecule has 1 fully saturated rings. The Kier molecular flexibility index (Phi) is 4.55. The van der Waals surface area contributed by atoms with Gasteiger partial charge < -0.3 is 9.88 Å². The number of aromatic nitrogens is 2. The molecule has 4 rings (SSSR count). The van der Waals surface area contributed by atoms with Crippen molar-refractivity contribution in [1.82, 2.24) is 19.8 Å². The largest absolute Gasteiger partial charge is 0.358 e. The van der Waals surface area contributed by atoms with Gasteiger partial charge in [-0.2, -0.15) is 0 Å². The van der Waals surface area contributed by atoms with Crippen molar-refractivity contribution >= 4 is 10.9 Å². The fourth-order valence-electron chi connectivity index (χ4n) is 4.04. The molecule has 25 heavy (non-hydrogen) atoms. The first-order chi connectivity index (χ1) is 12.3. The first-order valence-electron chi connectivity index (χ1n) is 9.22. The third-order valence-corrected chi connectivity index (χ3v) is 5.40. The number of nitrogens with one attached hydrogen (secondary N) is 1. The van der Waals surface area contributed by atoms with Gasteiger partial charge in [-0.25, -0.2) is 0 Å². The fourth-order valence-corrected chi connectivity index (χ4v) is 4.04. The summed E-state index contributed by atoms with van der Waals surface area (Å²) >= 11 is 0. The lowest BCUT2D eigenvalue weighted by atomic mass is 9.97. The van der Waals surface area contributed by atoms with Crippen LogP contribution >= 0.6 is 0 Å². The maximum atomic E-state index is 4.73. The number of pyridine rings is 1. The first kappa shape index (κ1) is 16.3. The Labute approximate surface area is 149 Å². The van der Waals surface area contributed by atoms with Crippen molar-refractivity contribution in [1.29, 1.82) is 0 Å². The molecule has 1 N–H and O–H groups in total. The molecule has 2 aromatic heterocycles. The van der Waals surface area contributed by atoms with Crippen molar-refractivity contribution in [3.8, 4) is 0 Å². The quantitative estimate of drug-likeness (QED) is 0.792. The standard InChI is InChI=1S/C21H26N4/c1-3-24-12-14-25(15-13-24)21(19-10-6-7-11-22-19)20-16(2)23-18-9-5-4-8-17(18)20/h4-11,21,23H,3,12-15H2,1-2H3/t21-/m0/s1. The third-order valence-electron chi connectivity index (χ3n) is 5.40. The van der Waals surface area contributed by atoms with Gasteiger partial charge in [0.25, 0.3) is 0 Å². The summed E-state index contributed by atoms with van der Waals surface area (Å²) in [6, 6.07) is 15.1. The zero-order valence-electron chi connectivity index (χ0n) is 15.1. The van der Waals surface area contributed by atoms with Gasteiger partial charge in [-0.3, -0.25) is 9.88 Å². The van der Waals surface area contributed by atoms with Crippen LogP contribution in [0.4, 0.5) is 0 Å². The number of piperazine rings is 1. The second kappa shape index (κ2) is 6.98. The molecular formula is C21H26N4. The molecule has 4 nitrogen and oxygen atoms in total. The van der Waals surface area contributed by atoms with E-state index in [-0.39, 0.29) is 6.04 Å². The lowest BCUT2D eigenvalue weighted by Gasteiger charge is -2.39. The van der Waals surface area contributed by atoms with Crippen LogP contribution in [0.2, 0.25) is 0 Å². The summed E-state index contributed by atoms with van der Waals surface area (Å²) in [6.45, 7) is 9.97. The Bertz CT molecular complexity index is 831. The molecule has 0 radical (unpaired) electrons.